The van der Waals surface area contributed by atoms with Gasteiger partial charge >= 0.3 is 5.97 Å². The molecule has 2 rings (SSSR count). The van der Waals surface area contributed by atoms with Gasteiger partial charge in [0, 0.05) is 16.5 Å². The molecular weight excluding hydrogens is 351 g/mol. The summed E-state index contributed by atoms with van der Waals surface area (Å²) in [5.41, 5.74) is 1.05. The first kappa shape index (κ1) is 18.4. The van der Waals surface area contributed by atoms with Crippen LogP contribution in [0.15, 0.2) is 36.4 Å². The van der Waals surface area contributed by atoms with Gasteiger partial charge in [-0.15, -0.1) is 0 Å². The zero-order chi connectivity index (χ0) is 17.7. The van der Waals surface area contributed by atoms with Gasteiger partial charge in [-0.25, -0.2) is 4.79 Å². The first-order valence-electron chi connectivity index (χ1n) is 7.47. The lowest BCUT2D eigenvalue weighted by Gasteiger charge is -2.16. The maximum Gasteiger partial charge on any atom is 0.335 e. The lowest BCUT2D eigenvalue weighted by Crippen LogP contribution is -2.09. The van der Waals surface area contributed by atoms with E-state index in [9.17, 15) is 4.79 Å². The van der Waals surface area contributed by atoms with E-state index in [4.69, 9.17) is 37.8 Å². The number of aromatic carboxylic acids is 1. The summed E-state index contributed by atoms with van der Waals surface area (Å²) in [5, 5.41) is 10.3. The van der Waals surface area contributed by atoms with Crippen LogP contribution < -0.4 is 9.47 Å². The van der Waals surface area contributed by atoms with Crippen molar-refractivity contribution in [3.63, 3.8) is 0 Å². The van der Waals surface area contributed by atoms with Gasteiger partial charge in [0.1, 0.15) is 0 Å². The molecule has 0 aliphatic carbocycles. The molecule has 0 fully saturated rings. The van der Waals surface area contributed by atoms with Crippen molar-refractivity contribution in [3.05, 3.63) is 57.6 Å². The quantitative estimate of drug-likeness (QED) is 0.738. The highest BCUT2D eigenvalue weighted by atomic mass is 35.5. The van der Waals surface area contributed by atoms with E-state index in [0.29, 0.717) is 34.6 Å². The second-order valence-electron chi connectivity index (χ2n) is 5.47. The molecule has 0 bridgehead atoms. The van der Waals surface area contributed by atoms with Gasteiger partial charge in [-0.3, -0.25) is 0 Å². The number of hydrogen-bond donors (Lipinski definition) is 1. The molecule has 4 nitrogen and oxygen atoms in total. The van der Waals surface area contributed by atoms with Crippen LogP contribution in [0.4, 0.5) is 0 Å². The summed E-state index contributed by atoms with van der Waals surface area (Å²) in [6, 6.07) is 9.84. The minimum Gasteiger partial charge on any atom is -0.489 e. The van der Waals surface area contributed by atoms with Crippen LogP contribution in [-0.4, -0.2) is 23.8 Å². The Morgan fingerprint density at radius 1 is 1.12 bits per heavy atom. The number of carboxylic acids is 1. The average molecular weight is 369 g/mol. The Kier molecular flexibility index (Phi) is 6.35. The van der Waals surface area contributed by atoms with E-state index in [1.165, 1.54) is 12.1 Å². The molecule has 0 saturated heterocycles. The summed E-state index contributed by atoms with van der Waals surface area (Å²) in [6.45, 7) is 4.11. The lowest BCUT2D eigenvalue weighted by atomic mass is 10.1. The Morgan fingerprint density at radius 2 is 1.88 bits per heavy atom. The molecule has 0 unspecified atom stereocenters. The van der Waals surface area contributed by atoms with E-state index >= 15 is 0 Å². The smallest absolute Gasteiger partial charge is 0.335 e. The molecule has 2 aromatic rings. The number of carboxylic acid groups (broad SMARTS) is 1. The van der Waals surface area contributed by atoms with Crippen LogP contribution in [0.3, 0.4) is 0 Å². The van der Waals surface area contributed by atoms with Gasteiger partial charge in [-0.2, -0.15) is 0 Å². The van der Waals surface area contributed by atoms with E-state index in [0.717, 1.165) is 5.56 Å². The van der Waals surface area contributed by atoms with Crippen molar-refractivity contribution in [1.29, 1.82) is 0 Å². The average Bonchev–Trinajstić information content (AvgIpc) is 2.50. The monoisotopic (exact) mass is 368 g/mol. The fourth-order valence-electron chi connectivity index (χ4n) is 2.10. The molecule has 0 amide bonds. The Hall–Kier alpha value is -1.91. The maximum absolute atomic E-state index is 11.1. The number of rotatable bonds is 7. The summed E-state index contributed by atoms with van der Waals surface area (Å²) in [7, 11) is 0. The minimum absolute atomic E-state index is 0.0475. The third kappa shape index (κ3) is 5.05. The largest absolute Gasteiger partial charge is 0.489 e. The van der Waals surface area contributed by atoms with E-state index in [1.54, 1.807) is 18.2 Å². The van der Waals surface area contributed by atoms with Crippen LogP contribution in [0.2, 0.25) is 10.0 Å². The maximum atomic E-state index is 11.1. The third-order valence-electron chi connectivity index (χ3n) is 3.20. The topological polar surface area (TPSA) is 55.8 Å². The van der Waals surface area contributed by atoms with Gasteiger partial charge < -0.3 is 14.6 Å². The summed E-state index contributed by atoms with van der Waals surface area (Å²) in [4.78, 5) is 11.1. The standard InChI is InChI=1S/C18H18Cl2O4/c1-11(2)24-16-6-4-13(18(21)22)9-17(16)23-8-7-12-3-5-14(19)10-15(12)20/h3-6,9-11H,7-8H2,1-2H3,(H,21,22). The second kappa shape index (κ2) is 8.27. The number of hydrogen-bond acceptors (Lipinski definition) is 3. The Bertz CT molecular complexity index is 729. The highest BCUT2D eigenvalue weighted by Crippen LogP contribution is 2.30. The number of ether oxygens (including phenoxy) is 2. The van der Waals surface area contributed by atoms with Crippen molar-refractivity contribution in [2.75, 3.05) is 6.61 Å². The summed E-state index contributed by atoms with van der Waals surface area (Å²) < 4.78 is 11.4. The first-order valence-corrected chi connectivity index (χ1v) is 8.23. The van der Waals surface area contributed by atoms with Gasteiger partial charge in [0.25, 0.3) is 0 Å². The van der Waals surface area contributed by atoms with E-state index in [2.05, 4.69) is 0 Å². The molecule has 6 heteroatoms. The normalized spacial score (nSPS) is 10.7. The van der Waals surface area contributed by atoms with Crippen LogP contribution in [-0.2, 0) is 6.42 Å². The summed E-state index contributed by atoms with van der Waals surface area (Å²) >= 11 is 12.0. The SMILES string of the molecule is CC(C)Oc1ccc(C(=O)O)cc1OCCc1ccc(Cl)cc1Cl. The molecule has 0 aliphatic heterocycles. The predicted molar refractivity (Wildman–Crippen MR) is 94.8 cm³/mol. The Balaban J connectivity index is 2.11. The molecule has 0 radical (unpaired) electrons. The van der Waals surface area contributed by atoms with E-state index in [1.807, 2.05) is 19.9 Å². The molecular formula is C18H18Cl2O4. The molecule has 0 spiro atoms. The zero-order valence-electron chi connectivity index (χ0n) is 13.4. The molecule has 0 aromatic heterocycles. The van der Waals surface area contributed by atoms with Crippen molar-refractivity contribution in [2.45, 2.75) is 26.4 Å². The van der Waals surface area contributed by atoms with Crippen molar-refractivity contribution in [1.82, 2.24) is 0 Å². The first-order chi connectivity index (χ1) is 11.4. The van der Waals surface area contributed by atoms with Gasteiger partial charge in [0.2, 0.25) is 0 Å². The Morgan fingerprint density at radius 3 is 2.50 bits per heavy atom. The molecule has 0 atom stereocenters. The molecule has 1 N–H and O–H groups in total. The van der Waals surface area contributed by atoms with Gasteiger partial charge in [0.15, 0.2) is 11.5 Å². The summed E-state index contributed by atoms with van der Waals surface area (Å²) in [6.07, 6.45) is 0.516. The van der Waals surface area contributed by atoms with Crippen LogP contribution in [0, 0.1) is 0 Å². The van der Waals surface area contributed by atoms with E-state index < -0.39 is 5.97 Å². The molecule has 2 aromatic carbocycles. The van der Waals surface area contributed by atoms with Crippen LogP contribution >= 0.6 is 23.2 Å². The molecule has 0 heterocycles. The minimum atomic E-state index is -1.02. The van der Waals surface area contributed by atoms with Crippen molar-refractivity contribution in [3.8, 4) is 11.5 Å². The highest BCUT2D eigenvalue weighted by Gasteiger charge is 2.12. The summed E-state index contributed by atoms with van der Waals surface area (Å²) in [5.74, 6) is -0.109. The number of halogens is 2. The lowest BCUT2D eigenvalue weighted by molar-refractivity contribution is 0.0696. The number of benzene rings is 2. The third-order valence-corrected chi connectivity index (χ3v) is 3.78. The number of carbonyl (C=O) groups is 1. The fraction of sp³-hybridized carbons (Fsp3) is 0.278. The van der Waals surface area contributed by atoms with Crippen molar-refractivity contribution < 1.29 is 19.4 Å². The molecule has 24 heavy (non-hydrogen) atoms. The Labute approximate surface area is 150 Å². The van der Waals surface area contributed by atoms with Crippen LogP contribution in [0.5, 0.6) is 11.5 Å². The molecule has 128 valence electrons. The van der Waals surface area contributed by atoms with Crippen molar-refractivity contribution in [2.24, 2.45) is 0 Å². The van der Waals surface area contributed by atoms with Gasteiger partial charge in [-0.1, -0.05) is 29.3 Å². The fourth-order valence-corrected chi connectivity index (χ4v) is 2.60. The van der Waals surface area contributed by atoms with Gasteiger partial charge in [0.05, 0.1) is 18.3 Å². The van der Waals surface area contributed by atoms with Crippen LogP contribution in [0.1, 0.15) is 29.8 Å². The predicted octanol–water partition coefficient (Wildman–Crippen LogP) is 5.10. The van der Waals surface area contributed by atoms with E-state index in [-0.39, 0.29) is 11.7 Å². The van der Waals surface area contributed by atoms with Crippen molar-refractivity contribution >= 4 is 29.2 Å². The molecule has 0 saturated carbocycles. The molecule has 0 aliphatic rings. The zero-order valence-corrected chi connectivity index (χ0v) is 14.9. The van der Waals surface area contributed by atoms with Gasteiger partial charge in [-0.05, 0) is 49.7 Å². The van der Waals surface area contributed by atoms with Crippen LogP contribution in [0.25, 0.3) is 0 Å². The second-order valence-corrected chi connectivity index (χ2v) is 6.31. The highest BCUT2D eigenvalue weighted by molar-refractivity contribution is 6.35.